The lowest BCUT2D eigenvalue weighted by atomic mass is 10.2. The van der Waals surface area contributed by atoms with Gasteiger partial charge in [0.05, 0.1) is 7.11 Å². The summed E-state index contributed by atoms with van der Waals surface area (Å²) in [7, 11) is 1.69. The Hall–Kier alpha value is -1.28. The van der Waals surface area contributed by atoms with Crippen LogP contribution in [0.15, 0.2) is 30.3 Å². The number of benzene rings is 1. The summed E-state index contributed by atoms with van der Waals surface area (Å²) in [5.41, 5.74) is 1.17. The molecule has 0 spiro atoms. The first-order valence-corrected chi connectivity index (χ1v) is 5.73. The van der Waals surface area contributed by atoms with E-state index in [1.165, 1.54) is 5.56 Å². The average Bonchev–Trinajstić information content (AvgIpc) is 2.28. The van der Waals surface area contributed by atoms with Gasteiger partial charge >= 0.3 is 0 Å². The number of hydrogen-bond donors (Lipinski definition) is 1. The highest BCUT2D eigenvalue weighted by atomic mass is 16.5. The molecule has 0 fully saturated rings. The second kappa shape index (κ2) is 7.07. The van der Waals surface area contributed by atoms with Crippen molar-refractivity contribution in [3.8, 4) is 5.75 Å². The second-order valence-electron chi connectivity index (χ2n) is 4.23. The van der Waals surface area contributed by atoms with Gasteiger partial charge < -0.3 is 10.1 Å². The van der Waals surface area contributed by atoms with Crippen molar-refractivity contribution in [2.45, 2.75) is 13.8 Å². The molecule has 0 heterocycles. The highest BCUT2D eigenvalue weighted by Crippen LogP contribution is 2.13. The van der Waals surface area contributed by atoms with E-state index in [0.29, 0.717) is 5.92 Å². The molecule has 0 amide bonds. The zero-order valence-corrected chi connectivity index (χ0v) is 10.4. The smallest absolute Gasteiger partial charge is 0.119 e. The van der Waals surface area contributed by atoms with Crippen molar-refractivity contribution in [1.29, 1.82) is 0 Å². The lowest BCUT2D eigenvalue weighted by molar-refractivity contribution is 0.414. The van der Waals surface area contributed by atoms with Crippen LogP contribution in [0.2, 0.25) is 0 Å². The number of nitrogens with one attached hydrogen (secondary N) is 1. The summed E-state index contributed by atoms with van der Waals surface area (Å²) in [6, 6.07) is 8.05. The molecular formula is C14H21NO. The molecule has 1 N–H and O–H groups in total. The summed E-state index contributed by atoms with van der Waals surface area (Å²) in [6.45, 7) is 6.38. The molecule has 1 rings (SSSR count). The fraction of sp³-hybridized carbons (Fsp3) is 0.429. The van der Waals surface area contributed by atoms with Crippen molar-refractivity contribution < 1.29 is 4.74 Å². The predicted octanol–water partition coefficient (Wildman–Crippen LogP) is 2.95. The Kier molecular flexibility index (Phi) is 5.65. The van der Waals surface area contributed by atoms with E-state index in [1.807, 2.05) is 18.2 Å². The standard InChI is InChI=1S/C14H21NO/c1-12(2)11-15-9-5-7-13-6-4-8-14(10-13)16-3/h4-8,10,12,15H,9,11H2,1-3H3. The van der Waals surface area contributed by atoms with E-state index >= 15 is 0 Å². The first-order chi connectivity index (χ1) is 7.72. The molecule has 0 aromatic heterocycles. The molecule has 1 aromatic rings. The lowest BCUT2D eigenvalue weighted by Crippen LogP contribution is -2.19. The van der Waals surface area contributed by atoms with Gasteiger partial charge in [0, 0.05) is 6.54 Å². The molecule has 0 unspecified atom stereocenters. The summed E-state index contributed by atoms with van der Waals surface area (Å²) in [5.74, 6) is 1.60. The van der Waals surface area contributed by atoms with Crippen LogP contribution in [0.1, 0.15) is 19.4 Å². The SMILES string of the molecule is COc1cccc(C=CCNCC(C)C)c1. The minimum Gasteiger partial charge on any atom is -0.497 e. The van der Waals surface area contributed by atoms with Crippen molar-refractivity contribution in [2.24, 2.45) is 5.92 Å². The van der Waals surface area contributed by atoms with Gasteiger partial charge in [0.1, 0.15) is 5.75 Å². The topological polar surface area (TPSA) is 21.3 Å². The van der Waals surface area contributed by atoms with Gasteiger partial charge in [-0.25, -0.2) is 0 Å². The molecule has 88 valence electrons. The van der Waals surface area contributed by atoms with Crippen LogP contribution in [-0.2, 0) is 0 Å². The van der Waals surface area contributed by atoms with Crippen LogP contribution >= 0.6 is 0 Å². The maximum atomic E-state index is 5.16. The van der Waals surface area contributed by atoms with Gasteiger partial charge in [0.2, 0.25) is 0 Å². The zero-order valence-electron chi connectivity index (χ0n) is 10.4. The molecule has 2 heteroatoms. The van der Waals surface area contributed by atoms with Gasteiger partial charge in [-0.3, -0.25) is 0 Å². The van der Waals surface area contributed by atoms with E-state index in [9.17, 15) is 0 Å². The lowest BCUT2D eigenvalue weighted by Gasteiger charge is -2.04. The largest absolute Gasteiger partial charge is 0.497 e. The van der Waals surface area contributed by atoms with Crippen molar-refractivity contribution in [2.75, 3.05) is 20.2 Å². The van der Waals surface area contributed by atoms with E-state index < -0.39 is 0 Å². The first kappa shape index (κ1) is 12.8. The van der Waals surface area contributed by atoms with Crippen LogP contribution in [0, 0.1) is 5.92 Å². The van der Waals surface area contributed by atoms with Gasteiger partial charge in [0.15, 0.2) is 0 Å². The first-order valence-electron chi connectivity index (χ1n) is 5.73. The molecule has 0 atom stereocenters. The van der Waals surface area contributed by atoms with Gasteiger partial charge in [0.25, 0.3) is 0 Å². The van der Waals surface area contributed by atoms with Crippen LogP contribution < -0.4 is 10.1 Å². The van der Waals surface area contributed by atoms with Crippen LogP contribution in [0.25, 0.3) is 6.08 Å². The van der Waals surface area contributed by atoms with E-state index in [-0.39, 0.29) is 0 Å². The van der Waals surface area contributed by atoms with Crippen LogP contribution in [0.5, 0.6) is 5.75 Å². The van der Waals surface area contributed by atoms with Gasteiger partial charge in [-0.1, -0.05) is 38.1 Å². The number of methoxy groups -OCH3 is 1. The molecule has 0 saturated heterocycles. The molecule has 0 bridgehead atoms. The Morgan fingerprint density at radius 2 is 2.19 bits per heavy atom. The minimum atomic E-state index is 0.699. The van der Waals surface area contributed by atoms with Crippen molar-refractivity contribution >= 4 is 6.08 Å². The molecule has 1 aromatic carbocycles. The summed E-state index contributed by atoms with van der Waals surface area (Å²) >= 11 is 0. The van der Waals surface area contributed by atoms with Gasteiger partial charge in [-0.15, -0.1) is 0 Å². The fourth-order valence-corrected chi connectivity index (χ4v) is 1.40. The fourth-order valence-electron chi connectivity index (χ4n) is 1.40. The highest BCUT2D eigenvalue weighted by molar-refractivity contribution is 5.51. The minimum absolute atomic E-state index is 0.699. The van der Waals surface area contributed by atoms with Crippen LogP contribution in [0.4, 0.5) is 0 Å². The normalized spacial score (nSPS) is 11.2. The third kappa shape index (κ3) is 4.99. The summed E-state index contributed by atoms with van der Waals surface area (Å²) < 4.78 is 5.16. The Balaban J connectivity index is 2.37. The van der Waals surface area contributed by atoms with E-state index in [0.717, 1.165) is 18.8 Å². The van der Waals surface area contributed by atoms with E-state index in [2.05, 4.69) is 37.4 Å². The Morgan fingerprint density at radius 1 is 1.38 bits per heavy atom. The Morgan fingerprint density at radius 3 is 2.88 bits per heavy atom. The van der Waals surface area contributed by atoms with E-state index in [1.54, 1.807) is 7.11 Å². The molecule has 0 radical (unpaired) electrons. The van der Waals surface area contributed by atoms with Crippen molar-refractivity contribution in [3.63, 3.8) is 0 Å². The van der Waals surface area contributed by atoms with Gasteiger partial charge in [-0.05, 0) is 30.2 Å². The summed E-state index contributed by atoms with van der Waals surface area (Å²) in [4.78, 5) is 0. The number of ether oxygens (including phenoxy) is 1. The molecule has 16 heavy (non-hydrogen) atoms. The molecule has 0 aliphatic heterocycles. The van der Waals surface area contributed by atoms with Crippen LogP contribution in [-0.4, -0.2) is 20.2 Å². The van der Waals surface area contributed by atoms with E-state index in [4.69, 9.17) is 4.74 Å². The molecular weight excluding hydrogens is 198 g/mol. The number of rotatable bonds is 6. The molecule has 0 aliphatic rings. The summed E-state index contributed by atoms with van der Waals surface area (Å²) in [6.07, 6.45) is 4.24. The highest BCUT2D eigenvalue weighted by Gasteiger charge is 1.92. The molecule has 0 aliphatic carbocycles. The monoisotopic (exact) mass is 219 g/mol. The van der Waals surface area contributed by atoms with Crippen molar-refractivity contribution in [1.82, 2.24) is 5.32 Å². The Bertz CT molecular complexity index is 331. The third-order valence-electron chi connectivity index (χ3n) is 2.22. The second-order valence-corrected chi connectivity index (χ2v) is 4.23. The van der Waals surface area contributed by atoms with Crippen LogP contribution in [0.3, 0.4) is 0 Å². The molecule has 0 saturated carbocycles. The maximum absolute atomic E-state index is 5.16. The maximum Gasteiger partial charge on any atom is 0.119 e. The van der Waals surface area contributed by atoms with Gasteiger partial charge in [-0.2, -0.15) is 0 Å². The zero-order chi connectivity index (χ0) is 11.8. The van der Waals surface area contributed by atoms with Crippen molar-refractivity contribution in [3.05, 3.63) is 35.9 Å². The molecule has 2 nitrogen and oxygen atoms in total. The summed E-state index contributed by atoms with van der Waals surface area (Å²) in [5, 5.41) is 3.37. The quantitative estimate of drug-likeness (QED) is 0.743. The number of hydrogen-bond acceptors (Lipinski definition) is 2. The third-order valence-corrected chi connectivity index (χ3v) is 2.22. The average molecular weight is 219 g/mol. The predicted molar refractivity (Wildman–Crippen MR) is 69.7 cm³/mol. The Labute approximate surface area is 98.3 Å².